The Morgan fingerprint density at radius 2 is 2.04 bits per heavy atom. The van der Waals surface area contributed by atoms with Crippen LogP contribution in [0.4, 0.5) is 14.5 Å². The van der Waals surface area contributed by atoms with E-state index in [-0.39, 0.29) is 11.5 Å². The number of hydrogen-bond acceptors (Lipinski definition) is 4. The van der Waals surface area contributed by atoms with Crippen LogP contribution < -0.4 is 10.1 Å². The molecule has 0 unspecified atom stereocenters. The molecule has 6 nitrogen and oxygen atoms in total. The van der Waals surface area contributed by atoms with Crippen LogP contribution in [0.2, 0.25) is 0 Å². The molecule has 1 N–H and O–H groups in total. The van der Waals surface area contributed by atoms with Gasteiger partial charge >= 0.3 is 6.61 Å². The van der Waals surface area contributed by atoms with Gasteiger partial charge in [-0.25, -0.2) is 0 Å². The largest absolute Gasteiger partial charge is 0.454 e. The molecule has 148 valence electrons. The normalized spacial score (nSPS) is 11.1. The van der Waals surface area contributed by atoms with Crippen molar-refractivity contribution >= 4 is 27.5 Å². The Labute approximate surface area is 168 Å². The van der Waals surface area contributed by atoms with E-state index < -0.39 is 12.5 Å². The number of rotatable bonds is 6. The predicted octanol–water partition coefficient (Wildman–Crippen LogP) is 5.07. The highest BCUT2D eigenvalue weighted by Crippen LogP contribution is 2.24. The molecular weight excluding hydrogens is 436 g/mol. The zero-order chi connectivity index (χ0) is 20.4. The van der Waals surface area contributed by atoms with Crippen molar-refractivity contribution in [3.05, 3.63) is 63.3 Å². The van der Waals surface area contributed by atoms with Gasteiger partial charge in [-0.05, 0) is 72.6 Å². The number of anilines is 1. The van der Waals surface area contributed by atoms with E-state index in [9.17, 15) is 13.6 Å². The number of carbonyl (C=O) groups excluding carboxylic acids is 1. The van der Waals surface area contributed by atoms with E-state index in [1.54, 1.807) is 23.7 Å². The lowest BCUT2D eigenvalue weighted by molar-refractivity contribution is -0.0498. The standard InChI is InChI=1S/C19H18BrF2N3O3/c1-10-8-13(28-19(21)22)4-6-15(10)23-18(26)16-7-5-14(27-16)9-25-12(3)17(20)11(2)24-25/h4-8,19H,9H2,1-3H3,(H,23,26). The zero-order valence-corrected chi connectivity index (χ0v) is 17.0. The fourth-order valence-corrected chi connectivity index (χ4v) is 2.98. The molecule has 9 heteroatoms. The number of ether oxygens (including phenoxy) is 1. The summed E-state index contributed by atoms with van der Waals surface area (Å²) in [4.78, 5) is 12.4. The van der Waals surface area contributed by atoms with Crippen molar-refractivity contribution in [3.8, 4) is 5.75 Å². The summed E-state index contributed by atoms with van der Waals surface area (Å²) in [6.45, 7) is 3.01. The van der Waals surface area contributed by atoms with Gasteiger partial charge in [0, 0.05) is 5.69 Å². The number of carbonyl (C=O) groups is 1. The number of amides is 1. The van der Waals surface area contributed by atoms with Gasteiger partial charge in [-0.1, -0.05) is 0 Å². The number of halogens is 3. The summed E-state index contributed by atoms with van der Waals surface area (Å²) in [5.74, 6) is 0.316. The van der Waals surface area contributed by atoms with Crippen molar-refractivity contribution in [2.24, 2.45) is 0 Å². The van der Waals surface area contributed by atoms with Crippen molar-refractivity contribution < 1.29 is 22.7 Å². The monoisotopic (exact) mass is 453 g/mol. The fourth-order valence-electron chi connectivity index (χ4n) is 2.70. The molecule has 0 atom stereocenters. The SMILES string of the molecule is Cc1cc(OC(F)F)ccc1NC(=O)c1ccc(Cn2nc(C)c(Br)c2C)o1. The molecule has 2 heterocycles. The second kappa shape index (κ2) is 8.14. The summed E-state index contributed by atoms with van der Waals surface area (Å²) < 4.78 is 37.2. The average Bonchev–Trinajstić information content (AvgIpc) is 3.18. The number of nitrogens with zero attached hydrogens (tertiary/aromatic N) is 2. The topological polar surface area (TPSA) is 69.3 Å². The Morgan fingerprint density at radius 1 is 1.29 bits per heavy atom. The van der Waals surface area contributed by atoms with Gasteiger partial charge in [0.15, 0.2) is 5.76 Å². The molecule has 0 saturated heterocycles. The predicted molar refractivity (Wildman–Crippen MR) is 103 cm³/mol. The van der Waals surface area contributed by atoms with Gasteiger partial charge in [-0.2, -0.15) is 13.9 Å². The maximum atomic E-state index is 12.4. The van der Waals surface area contributed by atoms with Crippen LogP contribution in [-0.4, -0.2) is 22.3 Å². The second-order valence-electron chi connectivity index (χ2n) is 6.22. The summed E-state index contributed by atoms with van der Waals surface area (Å²) >= 11 is 3.48. The molecule has 0 aliphatic carbocycles. The maximum Gasteiger partial charge on any atom is 0.387 e. The lowest BCUT2D eigenvalue weighted by Gasteiger charge is -2.10. The van der Waals surface area contributed by atoms with Crippen LogP contribution in [0.25, 0.3) is 0 Å². The highest BCUT2D eigenvalue weighted by Gasteiger charge is 2.15. The van der Waals surface area contributed by atoms with Gasteiger partial charge in [0.25, 0.3) is 5.91 Å². The van der Waals surface area contributed by atoms with Crippen LogP contribution in [0.3, 0.4) is 0 Å². The molecule has 3 rings (SSSR count). The Kier molecular flexibility index (Phi) is 5.83. The number of alkyl halides is 2. The molecule has 28 heavy (non-hydrogen) atoms. The number of furan rings is 1. The van der Waals surface area contributed by atoms with Crippen LogP contribution in [0.15, 0.2) is 39.2 Å². The van der Waals surface area contributed by atoms with Gasteiger partial charge in [0.1, 0.15) is 11.5 Å². The van der Waals surface area contributed by atoms with Gasteiger partial charge in [0.05, 0.1) is 22.4 Å². The molecule has 0 saturated carbocycles. The second-order valence-corrected chi connectivity index (χ2v) is 7.01. The molecule has 1 aromatic carbocycles. The maximum absolute atomic E-state index is 12.4. The Hall–Kier alpha value is -2.68. The third-order valence-electron chi connectivity index (χ3n) is 4.16. The van der Waals surface area contributed by atoms with Gasteiger partial charge in [0.2, 0.25) is 0 Å². The fraction of sp³-hybridized carbons (Fsp3) is 0.263. The van der Waals surface area contributed by atoms with Crippen LogP contribution in [-0.2, 0) is 6.54 Å². The minimum atomic E-state index is -2.90. The number of hydrogen-bond donors (Lipinski definition) is 1. The minimum Gasteiger partial charge on any atom is -0.454 e. The quantitative estimate of drug-likeness (QED) is 0.565. The first-order valence-electron chi connectivity index (χ1n) is 8.39. The number of aromatic nitrogens is 2. The minimum absolute atomic E-state index is 0.0295. The highest BCUT2D eigenvalue weighted by molar-refractivity contribution is 9.10. The molecule has 0 spiro atoms. The number of benzene rings is 1. The Bertz CT molecular complexity index is 1010. The van der Waals surface area contributed by atoms with Crippen molar-refractivity contribution in [2.45, 2.75) is 33.9 Å². The zero-order valence-electron chi connectivity index (χ0n) is 15.4. The smallest absolute Gasteiger partial charge is 0.387 e. The number of aryl methyl sites for hydroxylation is 2. The van der Waals surface area contributed by atoms with E-state index >= 15 is 0 Å². The van der Waals surface area contributed by atoms with E-state index in [1.807, 2.05) is 13.8 Å². The summed E-state index contributed by atoms with van der Waals surface area (Å²) in [6.07, 6.45) is 0. The van der Waals surface area contributed by atoms with Gasteiger partial charge < -0.3 is 14.5 Å². The van der Waals surface area contributed by atoms with Gasteiger partial charge in [-0.15, -0.1) is 0 Å². The molecule has 0 bridgehead atoms. The van der Waals surface area contributed by atoms with Crippen molar-refractivity contribution in [1.29, 1.82) is 0 Å². The van der Waals surface area contributed by atoms with E-state index in [1.165, 1.54) is 18.2 Å². The molecule has 0 fully saturated rings. The van der Waals surface area contributed by atoms with Crippen molar-refractivity contribution in [2.75, 3.05) is 5.32 Å². The first-order chi connectivity index (χ1) is 13.2. The molecule has 3 aromatic rings. The highest BCUT2D eigenvalue weighted by atomic mass is 79.9. The first-order valence-corrected chi connectivity index (χ1v) is 9.19. The van der Waals surface area contributed by atoms with Crippen molar-refractivity contribution in [1.82, 2.24) is 9.78 Å². The van der Waals surface area contributed by atoms with Crippen LogP contribution >= 0.6 is 15.9 Å². The molecule has 0 aliphatic heterocycles. The summed E-state index contributed by atoms with van der Waals surface area (Å²) in [5, 5.41) is 7.11. The van der Waals surface area contributed by atoms with Crippen LogP contribution in [0.1, 0.15) is 33.3 Å². The molecule has 0 radical (unpaired) electrons. The Balaban J connectivity index is 1.69. The third kappa shape index (κ3) is 4.41. The summed E-state index contributed by atoms with van der Waals surface area (Å²) in [6, 6.07) is 7.59. The van der Waals surface area contributed by atoms with E-state index in [0.717, 1.165) is 15.9 Å². The molecule has 0 aliphatic rings. The summed E-state index contributed by atoms with van der Waals surface area (Å²) in [5.41, 5.74) is 2.90. The third-order valence-corrected chi connectivity index (χ3v) is 5.30. The average molecular weight is 454 g/mol. The lowest BCUT2D eigenvalue weighted by atomic mass is 10.2. The van der Waals surface area contributed by atoms with E-state index in [0.29, 0.717) is 23.6 Å². The number of nitrogens with one attached hydrogen (secondary N) is 1. The van der Waals surface area contributed by atoms with Crippen LogP contribution in [0.5, 0.6) is 5.75 Å². The van der Waals surface area contributed by atoms with E-state index in [2.05, 4.69) is 31.1 Å². The van der Waals surface area contributed by atoms with Crippen molar-refractivity contribution in [3.63, 3.8) is 0 Å². The van der Waals surface area contributed by atoms with Crippen LogP contribution in [0, 0.1) is 20.8 Å². The van der Waals surface area contributed by atoms with E-state index in [4.69, 9.17) is 4.42 Å². The molecular formula is C19H18BrF2N3O3. The lowest BCUT2D eigenvalue weighted by Crippen LogP contribution is -2.12. The summed E-state index contributed by atoms with van der Waals surface area (Å²) in [7, 11) is 0. The van der Waals surface area contributed by atoms with Gasteiger partial charge in [-0.3, -0.25) is 9.48 Å². The molecule has 1 amide bonds. The molecule has 2 aromatic heterocycles. The Morgan fingerprint density at radius 3 is 2.64 bits per heavy atom. The first kappa shape index (κ1) is 20.1.